The van der Waals surface area contributed by atoms with Gasteiger partial charge in [-0.05, 0) is 133 Å². The van der Waals surface area contributed by atoms with Gasteiger partial charge in [0.15, 0.2) is 0 Å². The average Bonchev–Trinajstić information content (AvgIpc) is 3.54. The van der Waals surface area contributed by atoms with E-state index in [1.165, 1.54) is 128 Å². The molecule has 0 unspecified atom stereocenters. The maximum Gasteiger partial charge on any atom is 0.119 e. The first-order valence-electron chi connectivity index (χ1n) is 18.3. The summed E-state index contributed by atoms with van der Waals surface area (Å²) in [6, 6.07) is 8.32. The second kappa shape index (κ2) is 27.2. The van der Waals surface area contributed by atoms with Crippen LogP contribution in [0.1, 0.15) is 116 Å². The molecule has 0 bridgehead atoms. The van der Waals surface area contributed by atoms with Crippen LogP contribution >= 0.6 is 0 Å². The van der Waals surface area contributed by atoms with E-state index in [0.717, 1.165) is 44.8 Å². The lowest BCUT2D eigenvalue weighted by Gasteiger charge is -2.24. The predicted molar refractivity (Wildman–Crippen MR) is 192 cm³/mol. The van der Waals surface area contributed by atoms with Crippen molar-refractivity contribution in [3.63, 3.8) is 0 Å². The number of ether oxygens (including phenoxy) is 2. The highest BCUT2D eigenvalue weighted by atomic mass is 16.5. The molecule has 5 heteroatoms. The molecule has 5 nitrogen and oxygen atoms in total. The molecule has 0 atom stereocenters. The minimum absolute atomic E-state index is 0.760. The van der Waals surface area contributed by atoms with E-state index in [9.17, 15) is 0 Å². The zero-order chi connectivity index (χ0) is 31.3. The molecule has 0 spiro atoms. The lowest BCUT2D eigenvalue weighted by molar-refractivity contribution is 0.207. The Morgan fingerprint density at radius 1 is 0.750 bits per heavy atom. The van der Waals surface area contributed by atoms with E-state index in [1.54, 1.807) is 0 Å². The Hall–Kier alpha value is -2.08. The molecular weight excluding hydrogens is 542 g/mol. The van der Waals surface area contributed by atoms with Gasteiger partial charge in [-0.1, -0.05) is 83.2 Å². The zero-order valence-corrected chi connectivity index (χ0v) is 28.9. The van der Waals surface area contributed by atoms with Crippen LogP contribution in [-0.4, -0.2) is 75.4 Å². The van der Waals surface area contributed by atoms with Crippen molar-refractivity contribution < 1.29 is 9.47 Å². The summed E-state index contributed by atoms with van der Waals surface area (Å²) in [4.78, 5) is 5.10. The second-order valence-electron chi connectivity index (χ2n) is 12.3. The van der Waals surface area contributed by atoms with Crippen molar-refractivity contribution in [2.24, 2.45) is 0 Å². The number of nitrogens with one attached hydrogen (secondary N) is 1. The highest BCUT2D eigenvalue weighted by Gasteiger charge is 2.08. The molecule has 3 heterocycles. The first-order valence-corrected chi connectivity index (χ1v) is 18.3. The summed E-state index contributed by atoms with van der Waals surface area (Å²) in [5, 5.41) is 3.35. The molecule has 3 saturated heterocycles. The Labute approximate surface area is 272 Å². The third-order valence-electron chi connectivity index (χ3n) is 8.43. The molecule has 0 aliphatic carbocycles. The summed E-state index contributed by atoms with van der Waals surface area (Å²) in [6.45, 7) is 18.2. The van der Waals surface area contributed by atoms with E-state index in [0.29, 0.717) is 0 Å². The molecule has 44 heavy (non-hydrogen) atoms. The van der Waals surface area contributed by atoms with E-state index in [1.807, 2.05) is 24.5 Å². The van der Waals surface area contributed by atoms with Gasteiger partial charge in [-0.25, -0.2) is 0 Å². The predicted octanol–water partition coefficient (Wildman–Crippen LogP) is 9.26. The summed E-state index contributed by atoms with van der Waals surface area (Å²) in [6.07, 6.45) is 28.9. The number of rotatable bonds is 13. The summed E-state index contributed by atoms with van der Waals surface area (Å²) >= 11 is 0. The summed E-state index contributed by atoms with van der Waals surface area (Å²) in [7, 11) is 0. The third-order valence-corrected chi connectivity index (χ3v) is 8.43. The molecule has 3 aliphatic rings. The van der Waals surface area contributed by atoms with Crippen LogP contribution in [0.15, 0.2) is 54.8 Å². The van der Waals surface area contributed by atoms with Crippen LogP contribution in [0, 0.1) is 0 Å². The van der Waals surface area contributed by atoms with Gasteiger partial charge in [0, 0.05) is 6.54 Å². The van der Waals surface area contributed by atoms with Crippen LogP contribution in [0.5, 0.6) is 5.75 Å². The maximum atomic E-state index is 5.71. The molecular formula is C39H67N3O2. The molecule has 3 aliphatic heterocycles. The fourth-order valence-electron chi connectivity index (χ4n) is 5.71. The highest BCUT2D eigenvalue weighted by Crippen LogP contribution is 2.21. The number of hydrogen-bond acceptors (Lipinski definition) is 5. The first kappa shape index (κ1) is 38.1. The topological polar surface area (TPSA) is 37.0 Å². The van der Waals surface area contributed by atoms with Crippen LogP contribution in [-0.2, 0) is 4.74 Å². The highest BCUT2D eigenvalue weighted by molar-refractivity contribution is 5.75. The zero-order valence-electron chi connectivity index (χ0n) is 28.9. The van der Waals surface area contributed by atoms with E-state index in [4.69, 9.17) is 9.47 Å². The van der Waals surface area contributed by atoms with Gasteiger partial charge in [0.2, 0.25) is 0 Å². The number of benzene rings is 1. The van der Waals surface area contributed by atoms with Crippen molar-refractivity contribution >= 4 is 5.57 Å². The molecule has 3 fully saturated rings. The van der Waals surface area contributed by atoms with Crippen molar-refractivity contribution in [1.29, 1.82) is 0 Å². The number of hydrogen-bond donors (Lipinski definition) is 1. The summed E-state index contributed by atoms with van der Waals surface area (Å²) in [5.41, 5.74) is 2.36. The van der Waals surface area contributed by atoms with Gasteiger partial charge < -0.3 is 24.6 Å². The summed E-state index contributed by atoms with van der Waals surface area (Å²) < 4.78 is 11.4. The normalized spacial score (nSPS) is 18.9. The molecule has 0 radical (unpaired) electrons. The largest absolute Gasteiger partial charge is 0.501 e. The van der Waals surface area contributed by atoms with Gasteiger partial charge in [-0.2, -0.15) is 0 Å². The van der Waals surface area contributed by atoms with Gasteiger partial charge in [-0.3, -0.25) is 0 Å². The van der Waals surface area contributed by atoms with Crippen molar-refractivity contribution in [2.75, 3.05) is 65.6 Å². The molecule has 250 valence electrons. The molecule has 0 amide bonds. The van der Waals surface area contributed by atoms with Crippen molar-refractivity contribution in [2.45, 2.75) is 111 Å². The van der Waals surface area contributed by atoms with Crippen LogP contribution in [0.4, 0.5) is 0 Å². The number of likely N-dealkylation sites (tertiary alicyclic amines) is 2. The Balaban J connectivity index is 0.000000362. The Bertz CT molecular complexity index is 846. The van der Waals surface area contributed by atoms with Gasteiger partial charge in [-0.15, -0.1) is 0 Å². The van der Waals surface area contributed by atoms with E-state index < -0.39 is 0 Å². The Morgan fingerprint density at radius 3 is 1.95 bits per heavy atom. The molecule has 1 aromatic carbocycles. The van der Waals surface area contributed by atoms with Crippen molar-refractivity contribution in [3.8, 4) is 5.75 Å². The SMILES string of the molecule is C1CCCNCC1.CCN1CCCCC1.CC\C=C/C(=C\C=C\OCCCN1CCCCCC1)c1ccc(OCCC)cc1. The van der Waals surface area contributed by atoms with Crippen LogP contribution in [0.2, 0.25) is 0 Å². The van der Waals surface area contributed by atoms with Crippen molar-refractivity contribution in [3.05, 3.63) is 60.4 Å². The van der Waals surface area contributed by atoms with E-state index in [-0.39, 0.29) is 0 Å². The smallest absolute Gasteiger partial charge is 0.119 e. The molecule has 0 saturated carbocycles. The molecule has 4 rings (SSSR count). The lowest BCUT2D eigenvalue weighted by atomic mass is 10.0. The Kier molecular flexibility index (Phi) is 23.6. The minimum atomic E-state index is 0.760. The minimum Gasteiger partial charge on any atom is -0.501 e. The number of nitrogens with zero attached hydrogens (tertiary/aromatic N) is 2. The van der Waals surface area contributed by atoms with E-state index >= 15 is 0 Å². The Morgan fingerprint density at radius 2 is 1.36 bits per heavy atom. The lowest BCUT2D eigenvalue weighted by Crippen LogP contribution is -2.29. The number of piperidine rings is 1. The van der Waals surface area contributed by atoms with Gasteiger partial charge >= 0.3 is 0 Å². The fraction of sp³-hybridized carbons (Fsp3) is 0.692. The second-order valence-corrected chi connectivity index (χ2v) is 12.3. The standard InChI is InChI=1S/C26H39NO2.C7H15N.C6H13N/c1-3-5-12-24(25-14-16-26(17-15-25)29-21-4-2)13-10-22-28-23-11-20-27-18-8-6-7-9-19-27;1-2-8-6-4-3-5-7-8;1-2-4-6-7-5-3-1/h5,10,12-17,22H,3-4,6-9,11,18-21,23H2,1-2H3;2-7H2,1H3;7H,1-6H2/b12-5-,22-10+,24-13+;;. The maximum absolute atomic E-state index is 5.71. The van der Waals surface area contributed by atoms with Gasteiger partial charge in [0.05, 0.1) is 19.5 Å². The first-order chi connectivity index (χ1) is 21.8. The molecule has 1 N–H and O–H groups in total. The van der Waals surface area contributed by atoms with Crippen LogP contribution in [0.3, 0.4) is 0 Å². The monoisotopic (exact) mass is 610 g/mol. The summed E-state index contributed by atoms with van der Waals surface area (Å²) in [5.74, 6) is 0.928. The van der Waals surface area contributed by atoms with Gasteiger partial charge in [0.1, 0.15) is 5.75 Å². The molecule has 0 aromatic heterocycles. The van der Waals surface area contributed by atoms with Crippen LogP contribution in [0.25, 0.3) is 5.57 Å². The molecule has 1 aromatic rings. The average molecular weight is 610 g/mol. The third kappa shape index (κ3) is 19.3. The van der Waals surface area contributed by atoms with Crippen molar-refractivity contribution in [1.82, 2.24) is 15.1 Å². The fourth-order valence-corrected chi connectivity index (χ4v) is 5.71. The quantitative estimate of drug-likeness (QED) is 0.137. The van der Waals surface area contributed by atoms with Crippen LogP contribution < -0.4 is 10.1 Å². The van der Waals surface area contributed by atoms with E-state index in [2.05, 4.69) is 66.2 Å². The van der Waals surface area contributed by atoms with Gasteiger partial charge in [0.25, 0.3) is 0 Å². The number of allylic oxidation sites excluding steroid dienone is 5.